The Morgan fingerprint density at radius 1 is 1.17 bits per heavy atom. The maximum Gasteiger partial charge on any atom is 0.313 e. The van der Waals surface area contributed by atoms with Crippen LogP contribution in [0.4, 0.5) is 5.69 Å². The van der Waals surface area contributed by atoms with E-state index in [0.717, 1.165) is 42.5 Å². The van der Waals surface area contributed by atoms with E-state index in [1.165, 1.54) is 0 Å². The molecule has 1 spiro atoms. The van der Waals surface area contributed by atoms with Crippen LogP contribution < -0.4 is 10.2 Å². The van der Waals surface area contributed by atoms with Gasteiger partial charge in [-0.15, -0.1) is 0 Å². The zero-order chi connectivity index (χ0) is 24.9. The van der Waals surface area contributed by atoms with E-state index in [4.69, 9.17) is 9.47 Å². The predicted molar refractivity (Wildman–Crippen MR) is 132 cm³/mol. The molecule has 1 aliphatic carbocycles. The summed E-state index contributed by atoms with van der Waals surface area (Å²) in [5.41, 5.74) is 2.13. The van der Waals surface area contributed by atoms with Gasteiger partial charge < -0.3 is 19.7 Å². The van der Waals surface area contributed by atoms with Gasteiger partial charge in [0.05, 0.1) is 18.6 Å². The lowest BCUT2D eigenvalue weighted by Crippen LogP contribution is -2.46. The number of hydrogen-bond acceptors (Lipinski definition) is 5. The van der Waals surface area contributed by atoms with Crippen LogP contribution in [0.3, 0.4) is 0 Å². The van der Waals surface area contributed by atoms with Crippen LogP contribution in [0, 0.1) is 31.6 Å². The molecule has 1 N–H and O–H groups in total. The molecule has 5 atom stereocenters. The highest BCUT2D eigenvalue weighted by molar-refractivity contribution is 6.03. The van der Waals surface area contributed by atoms with Gasteiger partial charge in [-0.05, 0) is 62.3 Å². The number of fused-ring (bicyclic) bond motifs is 1. The Morgan fingerprint density at radius 2 is 1.86 bits per heavy atom. The standard InChI is InChI=1S/C28H36N2O5/c1-16(2)11-22(25(31)29-19-7-5-6-8-19)34-27(33)23-21-9-10-28(35-21)15-30(26(32)24(23)28)20-13-17(3)12-18(4)14-20/h9-10,12-14,16,19,21-24H,5-8,11,15H2,1-4H3,(H,29,31). The van der Waals surface area contributed by atoms with E-state index in [1.807, 2.05) is 52.0 Å². The maximum atomic E-state index is 13.7. The Balaban J connectivity index is 1.35. The Kier molecular flexibility index (Phi) is 6.24. The number of anilines is 1. The van der Waals surface area contributed by atoms with Crippen molar-refractivity contribution in [1.29, 1.82) is 0 Å². The quantitative estimate of drug-likeness (QED) is 0.476. The molecular formula is C28H36N2O5. The lowest BCUT2D eigenvalue weighted by atomic mass is 9.77. The smallest absolute Gasteiger partial charge is 0.313 e. The molecule has 2 amide bonds. The number of rotatable bonds is 7. The van der Waals surface area contributed by atoms with Gasteiger partial charge in [-0.25, -0.2) is 0 Å². The fraction of sp³-hybridized carbons (Fsp3) is 0.607. The SMILES string of the molecule is Cc1cc(C)cc(N2CC34C=CC(O3)C(C(=O)OC(CC(C)C)C(=O)NC3CCCC3)C4C2=O)c1. The number of nitrogens with zero attached hydrogens (tertiary/aromatic N) is 1. The molecule has 7 nitrogen and oxygen atoms in total. The van der Waals surface area contributed by atoms with Crippen LogP contribution in [0.15, 0.2) is 30.4 Å². The fourth-order valence-corrected chi connectivity index (χ4v) is 6.31. The number of hydrogen-bond donors (Lipinski definition) is 1. The first-order valence-electron chi connectivity index (χ1n) is 12.9. The molecule has 7 heteroatoms. The van der Waals surface area contributed by atoms with Gasteiger partial charge in [0, 0.05) is 11.7 Å². The van der Waals surface area contributed by atoms with Crippen molar-refractivity contribution in [3.05, 3.63) is 41.5 Å². The van der Waals surface area contributed by atoms with E-state index in [-0.39, 0.29) is 23.8 Å². The van der Waals surface area contributed by atoms with Crippen LogP contribution in [0.5, 0.6) is 0 Å². The van der Waals surface area contributed by atoms with Gasteiger partial charge in [-0.2, -0.15) is 0 Å². The normalized spacial score (nSPS) is 30.3. The van der Waals surface area contributed by atoms with Gasteiger partial charge in [0.1, 0.15) is 11.5 Å². The Hall–Kier alpha value is -2.67. The average molecular weight is 481 g/mol. The van der Waals surface area contributed by atoms with Crippen LogP contribution in [0.1, 0.15) is 57.1 Å². The number of carbonyl (C=O) groups is 3. The predicted octanol–water partition coefficient (Wildman–Crippen LogP) is 3.61. The fourth-order valence-electron chi connectivity index (χ4n) is 6.31. The van der Waals surface area contributed by atoms with Crippen LogP contribution in [-0.2, 0) is 23.9 Å². The van der Waals surface area contributed by atoms with Crippen molar-refractivity contribution in [1.82, 2.24) is 5.32 Å². The molecule has 5 rings (SSSR count). The van der Waals surface area contributed by atoms with E-state index in [1.54, 1.807) is 4.90 Å². The van der Waals surface area contributed by atoms with Crippen molar-refractivity contribution in [2.75, 3.05) is 11.4 Å². The molecular weight excluding hydrogens is 444 g/mol. The highest BCUT2D eigenvalue weighted by Crippen LogP contribution is 2.53. The van der Waals surface area contributed by atoms with Crippen molar-refractivity contribution >= 4 is 23.5 Å². The molecule has 2 saturated heterocycles. The van der Waals surface area contributed by atoms with Gasteiger partial charge >= 0.3 is 5.97 Å². The summed E-state index contributed by atoms with van der Waals surface area (Å²) in [4.78, 5) is 41.9. The molecule has 1 aromatic rings. The third-order valence-electron chi connectivity index (χ3n) is 7.83. The molecule has 4 aliphatic rings. The largest absolute Gasteiger partial charge is 0.452 e. The first-order chi connectivity index (χ1) is 16.7. The number of benzene rings is 1. The third-order valence-corrected chi connectivity index (χ3v) is 7.83. The Labute approximate surface area is 207 Å². The third kappa shape index (κ3) is 4.39. The van der Waals surface area contributed by atoms with Crippen molar-refractivity contribution in [3.63, 3.8) is 0 Å². The monoisotopic (exact) mass is 480 g/mol. The minimum Gasteiger partial charge on any atom is -0.452 e. The zero-order valence-electron chi connectivity index (χ0n) is 21.1. The molecule has 3 aliphatic heterocycles. The molecule has 1 aromatic carbocycles. The Bertz CT molecular complexity index is 1040. The van der Waals surface area contributed by atoms with E-state index in [0.29, 0.717) is 13.0 Å². The molecule has 2 bridgehead atoms. The van der Waals surface area contributed by atoms with Crippen molar-refractivity contribution < 1.29 is 23.9 Å². The lowest BCUT2D eigenvalue weighted by molar-refractivity contribution is -0.163. The number of amides is 2. The maximum absolute atomic E-state index is 13.7. The van der Waals surface area contributed by atoms with Crippen LogP contribution in [0.2, 0.25) is 0 Å². The zero-order valence-corrected chi connectivity index (χ0v) is 21.1. The van der Waals surface area contributed by atoms with E-state index in [9.17, 15) is 14.4 Å². The number of aryl methyl sites for hydroxylation is 2. The van der Waals surface area contributed by atoms with E-state index >= 15 is 0 Å². The first-order valence-corrected chi connectivity index (χ1v) is 12.9. The van der Waals surface area contributed by atoms with Gasteiger partial charge in [0.2, 0.25) is 5.91 Å². The number of esters is 1. The number of ether oxygens (including phenoxy) is 2. The summed E-state index contributed by atoms with van der Waals surface area (Å²) >= 11 is 0. The van der Waals surface area contributed by atoms with Crippen LogP contribution in [-0.4, -0.2) is 48.2 Å². The van der Waals surface area contributed by atoms with Gasteiger partial charge in [-0.1, -0.05) is 44.9 Å². The molecule has 3 heterocycles. The second-order valence-electron chi connectivity index (χ2n) is 11.2. The van der Waals surface area contributed by atoms with Gasteiger partial charge in [0.15, 0.2) is 6.10 Å². The summed E-state index contributed by atoms with van der Waals surface area (Å²) in [6.07, 6.45) is 7.02. The second-order valence-corrected chi connectivity index (χ2v) is 11.2. The summed E-state index contributed by atoms with van der Waals surface area (Å²) in [5, 5.41) is 3.07. The second kappa shape index (κ2) is 9.08. The van der Waals surface area contributed by atoms with Crippen molar-refractivity contribution in [3.8, 4) is 0 Å². The topological polar surface area (TPSA) is 84.9 Å². The summed E-state index contributed by atoms with van der Waals surface area (Å²) in [5.74, 6) is -2.10. The van der Waals surface area contributed by atoms with E-state index in [2.05, 4.69) is 11.4 Å². The summed E-state index contributed by atoms with van der Waals surface area (Å²) in [6, 6.07) is 6.18. The van der Waals surface area contributed by atoms with Crippen LogP contribution in [0.25, 0.3) is 0 Å². The molecule has 0 radical (unpaired) electrons. The Morgan fingerprint density at radius 3 is 2.51 bits per heavy atom. The molecule has 188 valence electrons. The van der Waals surface area contributed by atoms with Crippen molar-refractivity contribution in [2.45, 2.75) is 83.6 Å². The molecule has 3 fully saturated rings. The minimum absolute atomic E-state index is 0.125. The minimum atomic E-state index is -0.866. The van der Waals surface area contributed by atoms with Crippen LogP contribution >= 0.6 is 0 Å². The molecule has 1 saturated carbocycles. The van der Waals surface area contributed by atoms with E-state index < -0.39 is 35.6 Å². The first kappa shape index (κ1) is 24.0. The highest BCUT2D eigenvalue weighted by atomic mass is 16.6. The highest BCUT2D eigenvalue weighted by Gasteiger charge is 2.67. The van der Waals surface area contributed by atoms with Crippen molar-refractivity contribution in [2.24, 2.45) is 17.8 Å². The lowest BCUT2D eigenvalue weighted by Gasteiger charge is -2.26. The average Bonchev–Trinajstić information content (AvgIpc) is 3.54. The molecule has 5 unspecified atom stereocenters. The molecule has 0 aromatic heterocycles. The number of carbonyl (C=O) groups excluding carboxylic acids is 3. The van der Waals surface area contributed by atoms with Gasteiger partial charge in [-0.3, -0.25) is 14.4 Å². The summed E-state index contributed by atoms with van der Waals surface area (Å²) in [7, 11) is 0. The summed E-state index contributed by atoms with van der Waals surface area (Å²) in [6.45, 7) is 8.38. The molecule has 35 heavy (non-hydrogen) atoms. The summed E-state index contributed by atoms with van der Waals surface area (Å²) < 4.78 is 12.1. The number of nitrogens with one attached hydrogen (secondary N) is 1. The van der Waals surface area contributed by atoms with Gasteiger partial charge in [0.25, 0.3) is 5.91 Å².